The smallest absolute Gasteiger partial charge is 0.223 e. The van der Waals surface area contributed by atoms with Crippen LogP contribution in [0.1, 0.15) is 22.8 Å². The molecule has 0 spiro atoms. The fraction of sp³-hybridized carbons (Fsp3) is 0.353. The molecule has 0 aliphatic heterocycles. The van der Waals surface area contributed by atoms with Crippen molar-refractivity contribution in [3.05, 3.63) is 52.2 Å². The van der Waals surface area contributed by atoms with Crippen molar-refractivity contribution in [2.75, 3.05) is 13.7 Å². The van der Waals surface area contributed by atoms with E-state index in [0.717, 1.165) is 18.6 Å². The summed E-state index contributed by atoms with van der Waals surface area (Å²) in [5, 5.41) is 5.12. The minimum Gasteiger partial charge on any atom is -0.497 e. The first-order valence-corrected chi connectivity index (χ1v) is 8.10. The lowest BCUT2D eigenvalue weighted by molar-refractivity contribution is -0.122. The Labute approximate surface area is 129 Å². The molecule has 1 aromatic carbocycles. The molecule has 21 heavy (non-hydrogen) atoms. The van der Waals surface area contributed by atoms with E-state index in [0.29, 0.717) is 12.5 Å². The molecule has 110 valence electrons. The number of carbonyl (C=O) groups excluding carboxylic acids is 1. The van der Waals surface area contributed by atoms with E-state index >= 15 is 0 Å². The van der Waals surface area contributed by atoms with Crippen LogP contribution in [0.25, 0.3) is 0 Å². The summed E-state index contributed by atoms with van der Waals surface area (Å²) in [7, 11) is 1.67. The van der Waals surface area contributed by atoms with Crippen LogP contribution in [0.15, 0.2) is 41.8 Å². The lowest BCUT2D eigenvalue weighted by atomic mass is 10.1. The van der Waals surface area contributed by atoms with Crippen molar-refractivity contribution in [3.63, 3.8) is 0 Å². The summed E-state index contributed by atoms with van der Waals surface area (Å²) < 4.78 is 5.20. The highest BCUT2D eigenvalue weighted by Gasteiger charge is 2.44. The fourth-order valence-corrected chi connectivity index (χ4v) is 3.50. The van der Waals surface area contributed by atoms with Crippen LogP contribution in [-0.2, 0) is 11.2 Å². The second kappa shape index (κ2) is 6.31. The minimum absolute atomic E-state index is 0.175. The summed E-state index contributed by atoms with van der Waals surface area (Å²) in [6.07, 6.45) is 1.82. The summed E-state index contributed by atoms with van der Waals surface area (Å²) in [4.78, 5) is 13.4. The second-order valence-electron chi connectivity index (χ2n) is 5.36. The molecule has 1 amide bonds. The first-order valence-electron chi connectivity index (χ1n) is 7.22. The van der Waals surface area contributed by atoms with Gasteiger partial charge in [-0.2, -0.15) is 0 Å². The van der Waals surface area contributed by atoms with Crippen molar-refractivity contribution in [2.45, 2.75) is 18.8 Å². The Balaban J connectivity index is 1.44. The van der Waals surface area contributed by atoms with Crippen molar-refractivity contribution in [2.24, 2.45) is 5.92 Å². The van der Waals surface area contributed by atoms with Crippen molar-refractivity contribution in [3.8, 4) is 5.75 Å². The predicted octanol–water partition coefficient (Wildman–Crippen LogP) is 3.22. The maximum absolute atomic E-state index is 12.1. The molecule has 1 aliphatic rings. The maximum atomic E-state index is 12.1. The van der Waals surface area contributed by atoms with Crippen molar-refractivity contribution < 1.29 is 9.53 Å². The molecule has 1 saturated carbocycles. The van der Waals surface area contributed by atoms with Crippen LogP contribution >= 0.6 is 11.3 Å². The molecular formula is C17H19NO2S. The monoisotopic (exact) mass is 301 g/mol. The second-order valence-corrected chi connectivity index (χ2v) is 6.34. The van der Waals surface area contributed by atoms with E-state index in [1.165, 1.54) is 10.4 Å². The van der Waals surface area contributed by atoms with E-state index in [9.17, 15) is 4.79 Å². The first-order chi connectivity index (χ1) is 10.3. The van der Waals surface area contributed by atoms with Gasteiger partial charge in [0.25, 0.3) is 0 Å². The van der Waals surface area contributed by atoms with Crippen molar-refractivity contribution in [1.29, 1.82) is 0 Å². The zero-order valence-electron chi connectivity index (χ0n) is 12.0. The quantitative estimate of drug-likeness (QED) is 0.889. The molecule has 1 N–H and O–H groups in total. The molecule has 0 saturated heterocycles. The van der Waals surface area contributed by atoms with Gasteiger partial charge in [-0.1, -0.05) is 18.2 Å². The zero-order chi connectivity index (χ0) is 14.7. The third-order valence-electron chi connectivity index (χ3n) is 3.88. The van der Waals surface area contributed by atoms with Crippen LogP contribution in [0.2, 0.25) is 0 Å². The molecule has 0 radical (unpaired) electrons. The molecule has 1 fully saturated rings. The average molecular weight is 301 g/mol. The van der Waals surface area contributed by atoms with Crippen molar-refractivity contribution in [1.82, 2.24) is 5.32 Å². The summed E-state index contributed by atoms with van der Waals surface area (Å²) in [6.45, 7) is 0.680. The number of nitrogens with one attached hydrogen (secondary N) is 1. The topological polar surface area (TPSA) is 38.3 Å². The number of amides is 1. The molecule has 1 aromatic heterocycles. The van der Waals surface area contributed by atoms with Gasteiger partial charge in [-0.15, -0.1) is 11.3 Å². The third kappa shape index (κ3) is 3.45. The third-order valence-corrected chi connectivity index (χ3v) is 4.89. The SMILES string of the molecule is COc1cccc(CCNC(=O)C2CC2c2cccs2)c1. The molecule has 2 atom stereocenters. The van der Waals surface area contributed by atoms with Gasteiger partial charge in [0.05, 0.1) is 7.11 Å². The number of rotatable bonds is 6. The number of hydrogen-bond acceptors (Lipinski definition) is 3. The van der Waals surface area contributed by atoms with Crippen LogP contribution in [0.3, 0.4) is 0 Å². The Morgan fingerprint density at radius 3 is 3.05 bits per heavy atom. The molecule has 2 unspecified atom stereocenters. The lowest BCUT2D eigenvalue weighted by Gasteiger charge is -2.06. The molecule has 0 bridgehead atoms. The van der Waals surface area contributed by atoms with Crippen LogP contribution in [-0.4, -0.2) is 19.6 Å². The lowest BCUT2D eigenvalue weighted by Crippen LogP contribution is -2.27. The molecule has 1 aliphatic carbocycles. The molecule has 3 nitrogen and oxygen atoms in total. The Morgan fingerprint density at radius 1 is 1.38 bits per heavy atom. The molecule has 4 heteroatoms. The van der Waals surface area contributed by atoms with Crippen LogP contribution in [0.5, 0.6) is 5.75 Å². The van der Waals surface area contributed by atoms with Gasteiger partial charge in [0.1, 0.15) is 5.75 Å². The Kier molecular flexibility index (Phi) is 4.25. The van der Waals surface area contributed by atoms with Crippen LogP contribution in [0.4, 0.5) is 0 Å². The maximum Gasteiger partial charge on any atom is 0.223 e. The van der Waals surface area contributed by atoms with E-state index < -0.39 is 0 Å². The number of thiophene rings is 1. The van der Waals surface area contributed by atoms with E-state index in [2.05, 4.69) is 28.9 Å². The van der Waals surface area contributed by atoms with E-state index in [1.54, 1.807) is 18.4 Å². The zero-order valence-corrected chi connectivity index (χ0v) is 12.9. The van der Waals surface area contributed by atoms with Gasteiger partial charge in [0.2, 0.25) is 5.91 Å². The van der Waals surface area contributed by atoms with Crippen LogP contribution < -0.4 is 10.1 Å². The highest BCUT2D eigenvalue weighted by atomic mass is 32.1. The average Bonchev–Trinajstić information content (AvgIpc) is 3.13. The van der Waals surface area contributed by atoms with Gasteiger partial charge in [-0.05, 0) is 42.0 Å². The summed E-state index contributed by atoms with van der Waals surface area (Å²) >= 11 is 1.75. The van der Waals surface area contributed by atoms with Gasteiger partial charge in [-0.25, -0.2) is 0 Å². The Morgan fingerprint density at radius 2 is 2.29 bits per heavy atom. The van der Waals surface area contributed by atoms with E-state index in [4.69, 9.17) is 4.74 Å². The van der Waals surface area contributed by atoms with Gasteiger partial charge in [0, 0.05) is 23.3 Å². The summed E-state index contributed by atoms with van der Waals surface area (Å²) in [5.74, 6) is 1.67. The standard InChI is InChI=1S/C17H19NO2S/c1-20-13-5-2-4-12(10-13)7-8-18-17(19)15-11-14(15)16-6-3-9-21-16/h2-6,9-10,14-15H,7-8,11H2,1H3,(H,18,19). The van der Waals surface area contributed by atoms with Gasteiger partial charge >= 0.3 is 0 Å². The molecule has 3 rings (SSSR count). The predicted molar refractivity (Wildman–Crippen MR) is 84.9 cm³/mol. The fourth-order valence-electron chi connectivity index (χ4n) is 2.59. The highest BCUT2D eigenvalue weighted by Crippen LogP contribution is 2.49. The molecule has 2 aromatic rings. The normalized spacial score (nSPS) is 20.0. The molecule has 1 heterocycles. The highest BCUT2D eigenvalue weighted by molar-refractivity contribution is 7.10. The van der Waals surface area contributed by atoms with E-state index in [-0.39, 0.29) is 11.8 Å². The van der Waals surface area contributed by atoms with Gasteiger partial charge < -0.3 is 10.1 Å². The summed E-state index contributed by atoms with van der Waals surface area (Å²) in [6, 6.07) is 12.1. The minimum atomic E-state index is 0.175. The van der Waals surface area contributed by atoms with Crippen molar-refractivity contribution >= 4 is 17.2 Å². The van der Waals surface area contributed by atoms with Gasteiger partial charge in [-0.3, -0.25) is 4.79 Å². The largest absolute Gasteiger partial charge is 0.497 e. The van der Waals surface area contributed by atoms with Crippen LogP contribution in [0, 0.1) is 5.92 Å². The summed E-state index contributed by atoms with van der Waals surface area (Å²) in [5.41, 5.74) is 1.18. The number of ether oxygens (including phenoxy) is 1. The number of carbonyl (C=O) groups is 1. The number of methoxy groups -OCH3 is 1. The number of benzene rings is 1. The Hall–Kier alpha value is -1.81. The first kappa shape index (κ1) is 14.1. The molecular weight excluding hydrogens is 282 g/mol. The van der Waals surface area contributed by atoms with Gasteiger partial charge in [0.15, 0.2) is 0 Å². The Bertz CT molecular complexity index is 609. The van der Waals surface area contributed by atoms with E-state index in [1.807, 2.05) is 18.2 Å². The number of hydrogen-bond donors (Lipinski definition) is 1.